The summed E-state index contributed by atoms with van der Waals surface area (Å²) in [7, 11) is 0. The summed E-state index contributed by atoms with van der Waals surface area (Å²) in [6.07, 6.45) is 4.50. The molecule has 0 saturated heterocycles. The Hall–Kier alpha value is -3.81. The molecule has 2 heterocycles. The average molecular weight is 543 g/mol. The van der Waals surface area contributed by atoms with Gasteiger partial charge in [-0.3, -0.25) is 15.2 Å². The fourth-order valence-electron chi connectivity index (χ4n) is 4.61. The molecule has 2 aromatic heterocycles. The number of benzene rings is 2. The van der Waals surface area contributed by atoms with Crippen molar-refractivity contribution in [3.63, 3.8) is 0 Å². The number of aromatic amines is 1. The topological polar surface area (TPSA) is 121 Å². The lowest BCUT2D eigenvalue weighted by Crippen LogP contribution is -2.26. The van der Waals surface area contributed by atoms with Gasteiger partial charge in [0.25, 0.3) is 5.69 Å². The van der Waals surface area contributed by atoms with Crippen LogP contribution in [0.15, 0.2) is 63.6 Å². The number of hydrogen-bond donors (Lipinski definition) is 1. The molecule has 1 N–H and O–H groups in total. The quantitative estimate of drug-likeness (QED) is 0.154. The number of thiophene rings is 1. The first-order valence-electron chi connectivity index (χ1n) is 12.3. The maximum absolute atomic E-state index is 11.9. The Morgan fingerprint density at radius 1 is 1.26 bits per heavy atom. The number of nitriles is 1. The Morgan fingerprint density at radius 2 is 2.05 bits per heavy atom. The summed E-state index contributed by atoms with van der Waals surface area (Å²) in [5, 5.41) is 29.9. The lowest BCUT2D eigenvalue weighted by Gasteiger charge is -2.33. The highest BCUT2D eigenvalue weighted by Gasteiger charge is 2.32. The van der Waals surface area contributed by atoms with Crippen LogP contribution in [-0.4, -0.2) is 26.3 Å². The van der Waals surface area contributed by atoms with Crippen molar-refractivity contribution in [2.75, 3.05) is 0 Å². The minimum Gasteiger partial charge on any atom is -0.258 e. The molecule has 0 radical (unpaired) electrons. The largest absolute Gasteiger partial charge is 0.283 e. The molecular formula is C28H26N6O2S2. The number of H-pyrrole nitrogens is 1. The first-order chi connectivity index (χ1) is 18.2. The van der Waals surface area contributed by atoms with Crippen LogP contribution in [0.3, 0.4) is 0 Å². The van der Waals surface area contributed by atoms with Crippen molar-refractivity contribution < 1.29 is 4.92 Å². The first kappa shape index (κ1) is 25.8. The Balaban J connectivity index is 1.38. The molecule has 10 heteroatoms. The first-order valence-corrected chi connectivity index (χ1v) is 13.9. The van der Waals surface area contributed by atoms with Gasteiger partial charge in [-0.15, -0.1) is 16.4 Å². The van der Waals surface area contributed by atoms with Gasteiger partial charge in [-0.05, 0) is 59.6 Å². The Bertz CT molecular complexity index is 1560. The number of nitro groups is 1. The van der Waals surface area contributed by atoms with Gasteiger partial charge in [-0.25, -0.2) is 9.98 Å². The van der Waals surface area contributed by atoms with Crippen LogP contribution in [0.5, 0.6) is 0 Å². The van der Waals surface area contributed by atoms with E-state index in [1.807, 2.05) is 30.3 Å². The zero-order chi connectivity index (χ0) is 26.9. The van der Waals surface area contributed by atoms with E-state index >= 15 is 0 Å². The van der Waals surface area contributed by atoms with Crippen LogP contribution in [0.25, 0.3) is 11.4 Å². The zero-order valence-corrected chi connectivity index (χ0v) is 22.9. The minimum atomic E-state index is -0.415. The predicted molar refractivity (Wildman–Crippen MR) is 150 cm³/mol. The van der Waals surface area contributed by atoms with Crippen LogP contribution < -0.4 is 0 Å². The van der Waals surface area contributed by atoms with E-state index in [1.54, 1.807) is 29.7 Å². The number of nitrogens with one attached hydrogen (secondary N) is 1. The number of aromatic nitrogens is 3. The summed E-state index contributed by atoms with van der Waals surface area (Å²) in [6.45, 7) is 6.79. The number of rotatable bonds is 6. The van der Waals surface area contributed by atoms with Gasteiger partial charge < -0.3 is 0 Å². The molecule has 0 spiro atoms. The average Bonchev–Trinajstić information content (AvgIpc) is 3.51. The van der Waals surface area contributed by atoms with Gasteiger partial charge in [0.1, 0.15) is 11.1 Å². The molecule has 192 valence electrons. The van der Waals surface area contributed by atoms with Crippen LogP contribution in [0.2, 0.25) is 0 Å². The smallest absolute Gasteiger partial charge is 0.258 e. The third-order valence-corrected chi connectivity index (χ3v) is 8.90. The summed E-state index contributed by atoms with van der Waals surface area (Å²) in [6, 6.07) is 16.8. The maximum Gasteiger partial charge on any atom is 0.283 e. The summed E-state index contributed by atoms with van der Waals surface area (Å²) in [5.41, 5.74) is 3.38. The van der Waals surface area contributed by atoms with Crippen LogP contribution in [0.4, 0.5) is 10.7 Å². The standard InChI is InChI=1S/C28H26N6O2S2/c1-28(2,3)19-10-11-20-21(15-29)26(37-24(20)14-19)30-16-17-9-12-23(22(13-17)34(35)36)38-27-31-25(32-33-27)18-7-5-4-6-8-18/h4-9,12-13,16,19H,10-11,14H2,1-3H3,(H,31,32,33)/t19-/m1/s1. The van der Waals surface area contributed by atoms with Gasteiger partial charge in [-0.1, -0.05) is 57.2 Å². The number of aliphatic imine (C=N–C) groups is 1. The van der Waals surface area contributed by atoms with Crippen LogP contribution in [0, 0.1) is 32.8 Å². The SMILES string of the molecule is CC(C)(C)[C@@H]1CCc2c(sc(N=Cc3ccc(Sc4n[nH]c(-c5ccccc5)n4)c([N+](=O)[O-])c3)c2C#N)C1. The second kappa shape index (κ2) is 10.5. The normalized spacial score (nSPS) is 15.4. The maximum atomic E-state index is 11.9. The molecule has 38 heavy (non-hydrogen) atoms. The van der Waals surface area contributed by atoms with Gasteiger partial charge in [-0.2, -0.15) is 5.26 Å². The van der Waals surface area contributed by atoms with Crippen molar-refractivity contribution in [1.29, 1.82) is 5.26 Å². The van der Waals surface area contributed by atoms with E-state index in [4.69, 9.17) is 0 Å². The molecule has 5 rings (SSSR count). The third kappa shape index (κ3) is 5.39. The molecule has 0 fully saturated rings. The molecule has 0 bridgehead atoms. The molecule has 1 aliphatic carbocycles. The van der Waals surface area contributed by atoms with Crippen LogP contribution >= 0.6 is 23.1 Å². The Morgan fingerprint density at radius 3 is 2.76 bits per heavy atom. The lowest BCUT2D eigenvalue weighted by atomic mass is 9.72. The number of hydrogen-bond acceptors (Lipinski definition) is 8. The molecule has 0 aliphatic heterocycles. The fourth-order valence-corrected chi connectivity index (χ4v) is 6.63. The summed E-state index contributed by atoms with van der Waals surface area (Å²) < 4.78 is 0. The van der Waals surface area contributed by atoms with Crippen LogP contribution in [0.1, 0.15) is 48.8 Å². The number of nitrogens with zero attached hydrogens (tertiary/aromatic N) is 5. The van der Waals surface area contributed by atoms with Gasteiger partial charge in [0.2, 0.25) is 5.16 Å². The Labute approximate surface area is 229 Å². The van der Waals surface area contributed by atoms with E-state index < -0.39 is 4.92 Å². The number of nitro benzene ring substituents is 1. The molecule has 0 unspecified atom stereocenters. The molecule has 0 saturated carbocycles. The van der Waals surface area contributed by atoms with Gasteiger partial charge in [0.05, 0.1) is 15.4 Å². The number of fused-ring (bicyclic) bond motifs is 1. The van der Waals surface area contributed by atoms with E-state index in [-0.39, 0.29) is 11.1 Å². The van der Waals surface area contributed by atoms with Crippen molar-refractivity contribution in [2.45, 2.75) is 50.1 Å². The van der Waals surface area contributed by atoms with Crippen molar-refractivity contribution >= 4 is 40.0 Å². The van der Waals surface area contributed by atoms with E-state index in [0.717, 1.165) is 42.2 Å². The Kier molecular flexibility index (Phi) is 7.15. The van der Waals surface area contributed by atoms with Gasteiger partial charge in [0.15, 0.2) is 5.82 Å². The highest BCUT2D eigenvalue weighted by molar-refractivity contribution is 7.99. The predicted octanol–water partition coefficient (Wildman–Crippen LogP) is 7.37. The van der Waals surface area contributed by atoms with Crippen LogP contribution in [-0.2, 0) is 12.8 Å². The molecular weight excluding hydrogens is 516 g/mol. The van der Waals surface area contributed by atoms with E-state index in [1.165, 1.54) is 10.9 Å². The third-order valence-electron chi connectivity index (χ3n) is 6.81. The monoisotopic (exact) mass is 542 g/mol. The zero-order valence-electron chi connectivity index (χ0n) is 21.3. The van der Waals surface area contributed by atoms with E-state index in [0.29, 0.717) is 37.9 Å². The van der Waals surface area contributed by atoms with Crippen molar-refractivity contribution in [1.82, 2.24) is 15.2 Å². The second-order valence-corrected chi connectivity index (χ2v) is 12.4. The molecule has 1 aliphatic rings. The fraction of sp³-hybridized carbons (Fsp3) is 0.286. The molecule has 4 aromatic rings. The van der Waals surface area contributed by atoms with Crippen molar-refractivity contribution in [3.05, 3.63) is 80.2 Å². The van der Waals surface area contributed by atoms with Crippen molar-refractivity contribution in [2.24, 2.45) is 16.3 Å². The summed E-state index contributed by atoms with van der Waals surface area (Å²) in [5.74, 6) is 1.16. The molecule has 8 nitrogen and oxygen atoms in total. The lowest BCUT2D eigenvalue weighted by molar-refractivity contribution is -0.387. The highest BCUT2D eigenvalue weighted by Crippen LogP contribution is 2.45. The summed E-state index contributed by atoms with van der Waals surface area (Å²) >= 11 is 2.69. The molecule has 0 amide bonds. The van der Waals surface area contributed by atoms with Crippen molar-refractivity contribution in [3.8, 4) is 17.5 Å². The molecule has 2 aromatic carbocycles. The second-order valence-electron chi connectivity index (χ2n) is 10.3. The van der Waals surface area contributed by atoms with E-state index in [9.17, 15) is 15.4 Å². The molecule has 1 atom stereocenters. The van der Waals surface area contributed by atoms with E-state index in [2.05, 4.69) is 47.0 Å². The highest BCUT2D eigenvalue weighted by atomic mass is 32.2. The van der Waals surface area contributed by atoms with Gasteiger partial charge >= 0.3 is 0 Å². The summed E-state index contributed by atoms with van der Waals surface area (Å²) in [4.78, 5) is 22.2. The minimum absolute atomic E-state index is 0.0518. The van der Waals surface area contributed by atoms with Gasteiger partial charge in [0, 0.05) is 22.7 Å².